The van der Waals surface area contributed by atoms with Gasteiger partial charge in [0.05, 0.1) is 48.6 Å². The summed E-state index contributed by atoms with van der Waals surface area (Å²) in [5.41, 5.74) is 16.7. The Morgan fingerprint density at radius 3 is 1.22 bits per heavy atom. The van der Waals surface area contributed by atoms with Crippen molar-refractivity contribution in [3.8, 4) is 0 Å². The molecule has 9 aliphatic rings. The number of rotatable bonds is 3. The number of hydrogen-bond acceptors (Lipinski definition) is 4. The van der Waals surface area contributed by atoms with E-state index < -0.39 is 24.2 Å². The van der Waals surface area contributed by atoms with Crippen LogP contribution < -0.4 is 15.6 Å². The molecule has 2 aromatic carbocycles. The van der Waals surface area contributed by atoms with Crippen molar-refractivity contribution in [3.05, 3.63) is 61.2 Å². The molecule has 0 N–H and O–H groups in total. The van der Waals surface area contributed by atoms with Crippen LogP contribution in [0, 0.1) is 30.6 Å². The molecule has 3 fully saturated rings. The van der Waals surface area contributed by atoms with E-state index in [0.29, 0.717) is 35.2 Å². The van der Waals surface area contributed by atoms with E-state index in [-0.39, 0.29) is 24.4 Å². The van der Waals surface area contributed by atoms with E-state index in [0.717, 1.165) is 60.8 Å². The Kier molecular flexibility index (Phi) is 6.16. The van der Waals surface area contributed by atoms with Crippen molar-refractivity contribution in [1.29, 1.82) is 0 Å². The van der Waals surface area contributed by atoms with Gasteiger partial charge in [-0.05, 0) is 108 Å². The van der Waals surface area contributed by atoms with Crippen LogP contribution in [0.1, 0.15) is 135 Å². The van der Waals surface area contributed by atoms with Gasteiger partial charge in [0.25, 0.3) is 0 Å². The monoisotopic (exact) mass is 730 g/mol. The summed E-state index contributed by atoms with van der Waals surface area (Å²) in [6.45, 7) is 25.1. The van der Waals surface area contributed by atoms with Crippen LogP contribution in [0.2, 0.25) is 58.9 Å². The number of Topliss-reactive ketones (excluding diaryl/α,β-unsaturated/α-hetero) is 2. The zero-order valence-electron chi connectivity index (χ0n) is 32.4. The summed E-state index contributed by atoms with van der Waals surface area (Å²) in [6.07, 6.45) is 8.59. The maximum atomic E-state index is 14.7. The normalized spacial score (nSPS) is 33.6. The highest BCUT2D eigenvalue weighted by atomic mass is 28.3. The molecule has 2 aromatic rings. The van der Waals surface area contributed by atoms with Crippen molar-refractivity contribution in [2.75, 3.05) is 0 Å². The van der Waals surface area contributed by atoms with Crippen LogP contribution in [-0.2, 0) is 9.47 Å². The molecule has 266 valence electrons. The number of fused-ring (bicyclic) bond motifs is 24. The number of ketones is 2. The zero-order chi connectivity index (χ0) is 35.6. The third kappa shape index (κ3) is 3.65. The van der Waals surface area contributed by atoms with Crippen molar-refractivity contribution in [2.45, 2.75) is 142 Å². The molecule has 2 saturated heterocycles. The topological polar surface area (TPSA) is 52.6 Å². The molecule has 4 heterocycles. The van der Waals surface area contributed by atoms with Crippen LogP contribution in [0.25, 0.3) is 11.1 Å². The summed E-state index contributed by atoms with van der Waals surface area (Å²) < 4.78 is 14.7. The first kappa shape index (κ1) is 32.3. The molecule has 4 aliphatic heterocycles. The van der Waals surface area contributed by atoms with Crippen molar-refractivity contribution >= 4 is 62.5 Å². The number of carbonyl (C=O) groups excluding carboxylic acids is 2. The van der Waals surface area contributed by atoms with E-state index in [4.69, 9.17) is 9.47 Å². The molecule has 51 heavy (non-hydrogen) atoms. The fourth-order valence-electron chi connectivity index (χ4n) is 13.9. The Hall–Kier alpha value is -2.17. The van der Waals surface area contributed by atoms with E-state index in [1.165, 1.54) is 62.9 Å². The minimum absolute atomic E-state index is 0.0369. The van der Waals surface area contributed by atoms with Crippen LogP contribution in [0.4, 0.5) is 0 Å². The van der Waals surface area contributed by atoms with Crippen LogP contribution in [-0.4, -0.2) is 35.8 Å². The standard InChI is InChI=1S/C44H54O4Si3/c1-19-24-20-15-11-13-17-22(20)36(45)26(24)28-34(42(19)49(2,3)4)40-32-30(38(28)47-40)31-33(32)41-35-29(39(31)48-41)27-25(21-16-12-14-18-23(21)37(27)46)43(50(5,6)7)44(35)51(8,9)10/h30-33,38-41H,11-18H2,1-10H3. The molecule has 4 nitrogen and oxygen atoms in total. The van der Waals surface area contributed by atoms with Gasteiger partial charge in [-0.2, -0.15) is 0 Å². The highest BCUT2D eigenvalue weighted by Gasteiger charge is 2.76. The van der Waals surface area contributed by atoms with Crippen molar-refractivity contribution < 1.29 is 19.1 Å². The second-order valence-corrected chi connectivity index (χ2v) is 35.9. The van der Waals surface area contributed by atoms with Crippen LogP contribution in [0.15, 0.2) is 11.1 Å². The van der Waals surface area contributed by atoms with Gasteiger partial charge >= 0.3 is 0 Å². The summed E-state index contributed by atoms with van der Waals surface area (Å²) in [5.74, 6) is 2.20. The minimum Gasteiger partial charge on any atom is -0.365 e. The Bertz CT molecular complexity index is 2170. The molecule has 0 radical (unpaired) electrons. The molecule has 8 unspecified atom stereocenters. The van der Waals surface area contributed by atoms with Crippen LogP contribution in [0.5, 0.6) is 0 Å². The van der Waals surface area contributed by atoms with Gasteiger partial charge in [0.1, 0.15) is 0 Å². The summed E-state index contributed by atoms with van der Waals surface area (Å²) in [7, 11) is -5.52. The quantitative estimate of drug-likeness (QED) is 0.234. The van der Waals surface area contributed by atoms with Crippen LogP contribution in [0.3, 0.4) is 0 Å². The molecular weight excluding hydrogens is 677 g/mol. The third-order valence-corrected chi connectivity index (χ3v) is 21.5. The van der Waals surface area contributed by atoms with Crippen LogP contribution >= 0.6 is 0 Å². The molecule has 0 aromatic heterocycles. The van der Waals surface area contributed by atoms with E-state index >= 15 is 0 Å². The summed E-state index contributed by atoms with van der Waals surface area (Å²) in [5, 5.41) is 4.84. The lowest BCUT2D eigenvalue weighted by molar-refractivity contribution is -0.0193. The molecular formula is C44H54O4Si3. The predicted octanol–water partition coefficient (Wildman–Crippen LogP) is 9.11. The smallest absolute Gasteiger partial charge is 0.190 e. The highest BCUT2D eigenvalue weighted by molar-refractivity contribution is 6.99. The van der Waals surface area contributed by atoms with Crippen molar-refractivity contribution in [3.63, 3.8) is 0 Å². The first-order chi connectivity index (χ1) is 24.0. The predicted molar refractivity (Wildman–Crippen MR) is 213 cm³/mol. The second kappa shape index (κ2) is 9.73. The first-order valence-corrected chi connectivity index (χ1v) is 30.8. The summed E-state index contributed by atoms with van der Waals surface area (Å²) >= 11 is 0. The molecule has 1 saturated carbocycles. The van der Waals surface area contributed by atoms with Gasteiger partial charge in [-0.3, -0.25) is 9.59 Å². The molecule has 0 amide bonds. The Morgan fingerprint density at radius 2 is 0.784 bits per heavy atom. The van der Waals surface area contributed by atoms with E-state index in [1.807, 2.05) is 0 Å². The lowest BCUT2D eigenvalue weighted by atomic mass is 9.46. The first-order valence-electron chi connectivity index (χ1n) is 20.3. The molecule has 4 bridgehead atoms. The maximum absolute atomic E-state index is 14.7. The Morgan fingerprint density at radius 1 is 0.431 bits per heavy atom. The largest absolute Gasteiger partial charge is 0.365 e. The average molecular weight is 731 g/mol. The molecule has 11 rings (SSSR count). The average Bonchev–Trinajstić information content (AvgIpc) is 3.85. The van der Waals surface area contributed by atoms with Gasteiger partial charge in [-0.25, -0.2) is 0 Å². The molecule has 7 heteroatoms. The van der Waals surface area contributed by atoms with Gasteiger partial charge in [0.15, 0.2) is 11.6 Å². The molecule has 8 atom stereocenters. The Labute approximate surface area is 306 Å². The lowest BCUT2D eigenvalue weighted by Crippen LogP contribution is -2.61. The van der Waals surface area contributed by atoms with E-state index in [2.05, 4.69) is 65.8 Å². The third-order valence-electron chi connectivity index (χ3n) is 15.1. The number of hydrogen-bond donors (Lipinski definition) is 0. The summed E-state index contributed by atoms with van der Waals surface area (Å²) in [4.78, 5) is 29.2. The zero-order valence-corrected chi connectivity index (χ0v) is 35.4. The van der Waals surface area contributed by atoms with E-state index in [9.17, 15) is 9.59 Å². The van der Waals surface area contributed by atoms with Crippen molar-refractivity contribution in [2.24, 2.45) is 23.7 Å². The minimum atomic E-state index is -1.86. The van der Waals surface area contributed by atoms with E-state index in [1.54, 1.807) is 15.6 Å². The van der Waals surface area contributed by atoms with Crippen molar-refractivity contribution in [1.82, 2.24) is 0 Å². The fourth-order valence-corrected chi connectivity index (χ4v) is 22.4. The maximum Gasteiger partial charge on any atom is 0.190 e. The van der Waals surface area contributed by atoms with Gasteiger partial charge in [-0.1, -0.05) is 74.5 Å². The number of allylic oxidation sites excluding steroid dienone is 4. The fraction of sp³-hybridized carbons (Fsp3) is 0.591. The molecule has 5 aliphatic carbocycles. The number of carbonyl (C=O) groups is 2. The number of benzene rings is 2. The second-order valence-electron chi connectivity index (χ2n) is 20.9. The summed E-state index contributed by atoms with van der Waals surface area (Å²) in [6, 6.07) is 0. The van der Waals surface area contributed by atoms with Gasteiger partial charge < -0.3 is 9.47 Å². The SMILES string of the molecule is Cc1c2c(c3c(c1[Si](C)(C)C)C1OC3C3C4C5OC(c6c5c5c(c([Si](C)(C)C)c6[Si](C)(C)C)C6=C(CCCC6)C5=O)C4C13)C(=O)C1=C2CCCC1. The van der Waals surface area contributed by atoms with Gasteiger partial charge in [-0.15, -0.1) is 0 Å². The van der Waals surface area contributed by atoms with Gasteiger partial charge in [0, 0.05) is 45.9 Å². The van der Waals surface area contributed by atoms with Gasteiger partial charge in [0.2, 0.25) is 0 Å². The number of ether oxygens (including phenoxy) is 2. The highest BCUT2D eigenvalue weighted by Crippen LogP contribution is 2.80. The lowest BCUT2D eigenvalue weighted by Gasteiger charge is -2.54. The Balaban J connectivity index is 1.12. The molecule has 0 spiro atoms.